The van der Waals surface area contributed by atoms with Gasteiger partial charge in [-0.05, 0) is 101 Å². The fourth-order valence-electron chi connectivity index (χ4n) is 4.73. The number of phenols is 1. The lowest BCUT2D eigenvalue weighted by Crippen LogP contribution is -2.06. The second-order valence-electron chi connectivity index (χ2n) is 10.6. The third-order valence-corrected chi connectivity index (χ3v) is 6.80. The van der Waals surface area contributed by atoms with E-state index in [0.29, 0.717) is 17.8 Å². The lowest BCUT2D eigenvalue weighted by Gasteiger charge is -2.20. The molecule has 0 saturated heterocycles. The van der Waals surface area contributed by atoms with E-state index in [0.717, 1.165) is 35.5 Å². The molecule has 3 rings (SSSR count). The fourth-order valence-corrected chi connectivity index (χ4v) is 4.73. The Morgan fingerprint density at radius 3 is 1.77 bits per heavy atom. The molecule has 0 atom stereocenters. The predicted octanol–water partition coefficient (Wildman–Crippen LogP) is 8.64. The van der Waals surface area contributed by atoms with Crippen molar-refractivity contribution in [2.24, 2.45) is 4.99 Å². The van der Waals surface area contributed by atoms with Gasteiger partial charge in [-0.2, -0.15) is 0 Å². The van der Waals surface area contributed by atoms with Crippen molar-refractivity contribution >= 4 is 17.1 Å². The molecule has 0 unspecified atom stereocenters. The van der Waals surface area contributed by atoms with E-state index < -0.39 is 0 Å². The summed E-state index contributed by atoms with van der Waals surface area (Å²) >= 11 is 0. The molecule has 0 aromatic heterocycles. The van der Waals surface area contributed by atoms with Crippen LogP contribution in [-0.2, 0) is 12.8 Å². The van der Waals surface area contributed by atoms with E-state index in [-0.39, 0.29) is 5.75 Å². The SMILES string of the molecule is CCc1cc(Cc2cc(C(C)C)c(N)c(C(C)C)c2)cc(C(C)C)c1N=C(C)c1ccc(O)cc1. The third-order valence-electron chi connectivity index (χ3n) is 6.80. The molecule has 35 heavy (non-hydrogen) atoms. The zero-order valence-corrected chi connectivity index (χ0v) is 22.7. The Kier molecular flexibility index (Phi) is 8.43. The second kappa shape index (κ2) is 11.1. The lowest BCUT2D eigenvalue weighted by molar-refractivity contribution is 0.475. The van der Waals surface area contributed by atoms with Crippen molar-refractivity contribution in [2.75, 3.05) is 5.73 Å². The zero-order chi connectivity index (χ0) is 25.9. The number of phenolic OH excluding ortho intramolecular Hbond substituents is 1. The smallest absolute Gasteiger partial charge is 0.115 e. The van der Waals surface area contributed by atoms with E-state index in [1.54, 1.807) is 12.1 Å². The van der Waals surface area contributed by atoms with Gasteiger partial charge in [0.05, 0.1) is 5.69 Å². The van der Waals surface area contributed by atoms with Crippen molar-refractivity contribution in [3.05, 3.63) is 87.5 Å². The minimum atomic E-state index is 0.270. The summed E-state index contributed by atoms with van der Waals surface area (Å²) in [4.78, 5) is 5.10. The van der Waals surface area contributed by atoms with Crippen LogP contribution >= 0.6 is 0 Å². The molecule has 0 spiro atoms. The Morgan fingerprint density at radius 1 is 0.800 bits per heavy atom. The molecule has 0 amide bonds. The van der Waals surface area contributed by atoms with E-state index in [1.165, 1.54) is 33.4 Å². The number of nitrogen functional groups attached to an aromatic ring is 1. The maximum atomic E-state index is 9.64. The normalized spacial score (nSPS) is 12.3. The van der Waals surface area contributed by atoms with Crippen LogP contribution in [0, 0.1) is 0 Å². The van der Waals surface area contributed by atoms with E-state index in [1.807, 2.05) is 19.1 Å². The van der Waals surface area contributed by atoms with E-state index >= 15 is 0 Å². The van der Waals surface area contributed by atoms with Gasteiger partial charge in [0.15, 0.2) is 0 Å². The first-order valence-corrected chi connectivity index (χ1v) is 12.9. The maximum Gasteiger partial charge on any atom is 0.115 e. The lowest BCUT2D eigenvalue weighted by atomic mass is 9.87. The summed E-state index contributed by atoms with van der Waals surface area (Å²) < 4.78 is 0. The van der Waals surface area contributed by atoms with Crippen molar-refractivity contribution in [3.63, 3.8) is 0 Å². The van der Waals surface area contributed by atoms with Crippen LogP contribution in [0.15, 0.2) is 53.5 Å². The van der Waals surface area contributed by atoms with Crippen molar-refractivity contribution in [1.29, 1.82) is 0 Å². The summed E-state index contributed by atoms with van der Waals surface area (Å²) in [6.07, 6.45) is 1.80. The number of benzene rings is 3. The number of nitrogens with zero attached hydrogens (tertiary/aromatic N) is 1. The molecule has 3 heteroatoms. The van der Waals surface area contributed by atoms with Crippen molar-refractivity contribution in [2.45, 2.75) is 86.0 Å². The van der Waals surface area contributed by atoms with Crippen LogP contribution in [0.3, 0.4) is 0 Å². The molecule has 0 radical (unpaired) electrons. The van der Waals surface area contributed by atoms with Crippen molar-refractivity contribution in [3.8, 4) is 5.75 Å². The zero-order valence-electron chi connectivity index (χ0n) is 22.7. The van der Waals surface area contributed by atoms with Crippen LogP contribution in [0.5, 0.6) is 5.75 Å². The molecule has 0 bridgehead atoms. The summed E-state index contributed by atoms with van der Waals surface area (Å²) in [6.45, 7) is 17.6. The van der Waals surface area contributed by atoms with Crippen molar-refractivity contribution in [1.82, 2.24) is 0 Å². The van der Waals surface area contributed by atoms with Crippen LogP contribution in [0.25, 0.3) is 0 Å². The van der Waals surface area contributed by atoms with E-state index in [4.69, 9.17) is 10.7 Å². The molecule has 0 saturated carbocycles. The van der Waals surface area contributed by atoms with Gasteiger partial charge in [-0.15, -0.1) is 0 Å². The van der Waals surface area contributed by atoms with Gasteiger partial charge in [-0.3, -0.25) is 4.99 Å². The van der Waals surface area contributed by atoms with Crippen LogP contribution in [0.4, 0.5) is 11.4 Å². The van der Waals surface area contributed by atoms with E-state index in [9.17, 15) is 5.11 Å². The van der Waals surface area contributed by atoms with Crippen molar-refractivity contribution < 1.29 is 5.11 Å². The average molecular weight is 471 g/mol. The summed E-state index contributed by atoms with van der Waals surface area (Å²) in [5, 5.41) is 9.64. The fraction of sp³-hybridized carbons (Fsp3) is 0.406. The topological polar surface area (TPSA) is 58.6 Å². The maximum absolute atomic E-state index is 9.64. The molecule has 0 heterocycles. The molecule has 0 aliphatic carbocycles. The number of hydrogen-bond donors (Lipinski definition) is 2. The number of rotatable bonds is 8. The average Bonchev–Trinajstić information content (AvgIpc) is 2.80. The number of nitrogens with two attached hydrogens (primary N) is 1. The summed E-state index contributed by atoms with van der Waals surface area (Å²) in [5.41, 5.74) is 18.2. The first-order valence-electron chi connectivity index (χ1n) is 12.9. The minimum Gasteiger partial charge on any atom is -0.508 e. The number of anilines is 1. The summed E-state index contributed by atoms with van der Waals surface area (Å²) in [5.74, 6) is 1.41. The Bertz CT molecular complexity index is 1170. The van der Waals surface area contributed by atoms with Crippen LogP contribution in [-0.4, -0.2) is 10.8 Å². The largest absolute Gasteiger partial charge is 0.508 e. The quantitative estimate of drug-likeness (QED) is 0.256. The molecule has 3 aromatic rings. The van der Waals surface area contributed by atoms with Crippen LogP contribution < -0.4 is 5.73 Å². The Labute approximate surface area is 212 Å². The first-order chi connectivity index (χ1) is 16.5. The highest BCUT2D eigenvalue weighted by Gasteiger charge is 2.17. The Morgan fingerprint density at radius 2 is 1.29 bits per heavy atom. The summed E-state index contributed by atoms with van der Waals surface area (Å²) in [6, 6.07) is 16.5. The molecule has 0 aliphatic heterocycles. The first kappa shape index (κ1) is 26.5. The standard InChI is InChI=1S/C32H42N2O/c1-9-25-15-23(14-24-16-28(19(2)3)31(33)29(17-24)20(4)5)18-30(21(6)7)32(25)34-22(8)26-10-12-27(35)13-11-26/h10-13,15-21,35H,9,14,33H2,1-8H3. The number of hydrogen-bond acceptors (Lipinski definition) is 3. The van der Waals surface area contributed by atoms with Crippen LogP contribution in [0.1, 0.15) is 112 Å². The van der Waals surface area contributed by atoms with Gasteiger partial charge in [0.25, 0.3) is 0 Å². The molecule has 0 aliphatic rings. The molecule has 3 nitrogen and oxygen atoms in total. The molecular weight excluding hydrogens is 428 g/mol. The highest BCUT2D eigenvalue weighted by atomic mass is 16.3. The van der Waals surface area contributed by atoms with E-state index in [2.05, 4.69) is 72.7 Å². The predicted molar refractivity (Wildman–Crippen MR) is 152 cm³/mol. The Hall–Kier alpha value is -3.07. The molecule has 186 valence electrons. The monoisotopic (exact) mass is 470 g/mol. The number of aliphatic imine (C=N–C) groups is 1. The van der Waals surface area contributed by atoms with Gasteiger partial charge >= 0.3 is 0 Å². The number of aromatic hydroxyl groups is 1. The molecular formula is C32H42N2O. The third kappa shape index (κ3) is 6.14. The van der Waals surface area contributed by atoms with Crippen LogP contribution in [0.2, 0.25) is 0 Å². The Balaban J connectivity index is 2.08. The van der Waals surface area contributed by atoms with Gasteiger partial charge in [0, 0.05) is 11.4 Å². The van der Waals surface area contributed by atoms with Gasteiger partial charge in [-0.1, -0.05) is 72.7 Å². The minimum absolute atomic E-state index is 0.270. The molecule has 3 N–H and O–H groups in total. The molecule has 0 fully saturated rings. The molecule has 3 aromatic carbocycles. The summed E-state index contributed by atoms with van der Waals surface area (Å²) in [7, 11) is 0. The van der Waals surface area contributed by atoms with Gasteiger partial charge in [0.1, 0.15) is 5.75 Å². The second-order valence-corrected chi connectivity index (χ2v) is 10.6. The van der Waals surface area contributed by atoms with Gasteiger partial charge in [-0.25, -0.2) is 0 Å². The van der Waals surface area contributed by atoms with Gasteiger partial charge in [0.2, 0.25) is 0 Å². The van der Waals surface area contributed by atoms with Gasteiger partial charge < -0.3 is 10.8 Å². The highest BCUT2D eigenvalue weighted by molar-refractivity contribution is 6.00. The highest BCUT2D eigenvalue weighted by Crippen LogP contribution is 2.36. The number of aryl methyl sites for hydroxylation is 1.